The van der Waals surface area contributed by atoms with Gasteiger partial charge in [0.1, 0.15) is 0 Å². The zero-order valence-corrected chi connectivity index (χ0v) is 10.8. The molecule has 90 valence electrons. The third-order valence-electron chi connectivity index (χ3n) is 6.33. The molecule has 16 heavy (non-hydrogen) atoms. The highest BCUT2D eigenvalue weighted by Gasteiger charge is 2.72. The highest BCUT2D eigenvalue weighted by molar-refractivity contribution is 5.33. The van der Waals surface area contributed by atoms with Crippen LogP contribution in [0.25, 0.3) is 0 Å². The predicted molar refractivity (Wildman–Crippen MR) is 66.0 cm³/mol. The van der Waals surface area contributed by atoms with Crippen LogP contribution in [0, 0.1) is 22.2 Å². The minimum absolute atomic E-state index is 0.0981. The lowest BCUT2D eigenvalue weighted by atomic mass is 9.38. The average molecular weight is 220 g/mol. The fraction of sp³-hybridized carbons (Fsp3) is 0.867. The molecule has 0 saturated heterocycles. The third kappa shape index (κ3) is 0.895. The first-order chi connectivity index (χ1) is 7.34. The minimum Gasteiger partial charge on any atom is -0.393 e. The van der Waals surface area contributed by atoms with Gasteiger partial charge in [0.2, 0.25) is 0 Å². The molecule has 3 rings (SSSR count). The van der Waals surface area contributed by atoms with Gasteiger partial charge in [-0.15, -0.1) is 0 Å². The number of hydrogen-bond donors (Lipinski definition) is 1. The lowest BCUT2D eigenvalue weighted by molar-refractivity contribution is -0.165. The summed E-state index contributed by atoms with van der Waals surface area (Å²) < 4.78 is 0. The number of hydrogen-bond acceptors (Lipinski definition) is 1. The highest BCUT2D eigenvalue weighted by Crippen LogP contribution is 2.78. The van der Waals surface area contributed by atoms with E-state index >= 15 is 0 Å². The van der Waals surface area contributed by atoms with Crippen LogP contribution >= 0.6 is 0 Å². The first kappa shape index (κ1) is 10.8. The summed E-state index contributed by atoms with van der Waals surface area (Å²) >= 11 is 0. The largest absolute Gasteiger partial charge is 0.393 e. The van der Waals surface area contributed by atoms with Crippen molar-refractivity contribution in [1.29, 1.82) is 0 Å². The van der Waals surface area contributed by atoms with E-state index in [2.05, 4.69) is 27.4 Å². The summed E-state index contributed by atoms with van der Waals surface area (Å²) in [6.07, 6.45) is 5.62. The van der Waals surface area contributed by atoms with Gasteiger partial charge in [-0.2, -0.15) is 0 Å². The van der Waals surface area contributed by atoms with Gasteiger partial charge in [0.25, 0.3) is 0 Å². The fourth-order valence-electron chi connectivity index (χ4n) is 5.50. The number of aliphatic hydroxyl groups excluding tert-OH is 1. The molecule has 3 aliphatic rings. The van der Waals surface area contributed by atoms with Crippen LogP contribution in [0.3, 0.4) is 0 Å². The average Bonchev–Trinajstić information content (AvgIpc) is 2.45. The normalized spacial score (nSPS) is 54.1. The van der Waals surface area contributed by atoms with Crippen LogP contribution < -0.4 is 0 Å². The van der Waals surface area contributed by atoms with Gasteiger partial charge in [0.15, 0.2) is 0 Å². The molecule has 3 aliphatic carbocycles. The van der Waals surface area contributed by atoms with E-state index in [1.54, 1.807) is 0 Å². The third-order valence-corrected chi connectivity index (χ3v) is 6.33. The summed E-state index contributed by atoms with van der Waals surface area (Å²) in [7, 11) is 0. The lowest BCUT2D eigenvalue weighted by Gasteiger charge is -2.67. The second kappa shape index (κ2) is 2.75. The molecule has 4 atom stereocenters. The van der Waals surface area contributed by atoms with Crippen LogP contribution in [0.2, 0.25) is 0 Å². The molecule has 1 spiro atoms. The molecule has 3 saturated carbocycles. The van der Waals surface area contributed by atoms with E-state index in [4.69, 9.17) is 0 Å². The predicted octanol–water partition coefficient (Wildman–Crippen LogP) is 3.53. The quantitative estimate of drug-likeness (QED) is 0.619. The topological polar surface area (TPSA) is 20.2 Å². The molecule has 1 heteroatoms. The summed E-state index contributed by atoms with van der Waals surface area (Å²) in [5.74, 6) is 0.771. The van der Waals surface area contributed by atoms with Gasteiger partial charge in [-0.3, -0.25) is 0 Å². The summed E-state index contributed by atoms with van der Waals surface area (Å²) in [6, 6.07) is 0. The van der Waals surface area contributed by atoms with Gasteiger partial charge in [0.05, 0.1) is 6.10 Å². The van der Waals surface area contributed by atoms with Gasteiger partial charge in [-0.25, -0.2) is 0 Å². The first-order valence-electron chi connectivity index (χ1n) is 6.71. The van der Waals surface area contributed by atoms with Crippen molar-refractivity contribution in [3.8, 4) is 0 Å². The maximum Gasteiger partial charge on any atom is 0.0605 e. The Morgan fingerprint density at radius 1 is 1.25 bits per heavy atom. The molecule has 0 bridgehead atoms. The Balaban J connectivity index is 2.08. The highest BCUT2D eigenvalue weighted by atomic mass is 16.3. The fourth-order valence-corrected chi connectivity index (χ4v) is 5.50. The van der Waals surface area contributed by atoms with Gasteiger partial charge >= 0.3 is 0 Å². The van der Waals surface area contributed by atoms with Crippen molar-refractivity contribution in [2.45, 2.75) is 59.0 Å². The molecule has 0 unspecified atom stereocenters. The Kier molecular flexibility index (Phi) is 1.86. The zero-order chi connectivity index (χ0) is 11.8. The van der Waals surface area contributed by atoms with E-state index in [1.165, 1.54) is 24.8 Å². The zero-order valence-electron chi connectivity index (χ0n) is 10.8. The summed E-state index contributed by atoms with van der Waals surface area (Å²) in [5, 5.41) is 10.4. The smallest absolute Gasteiger partial charge is 0.0605 e. The Hall–Kier alpha value is -0.300. The summed E-state index contributed by atoms with van der Waals surface area (Å²) in [6.45, 7) is 11.5. The van der Waals surface area contributed by atoms with E-state index in [1.807, 2.05) is 0 Å². The second-order valence-electron chi connectivity index (χ2n) is 7.30. The number of rotatable bonds is 0. The Bertz CT molecular complexity index is 356. The van der Waals surface area contributed by atoms with Crippen molar-refractivity contribution in [3.63, 3.8) is 0 Å². The minimum atomic E-state index is -0.0981. The van der Waals surface area contributed by atoms with Crippen LogP contribution in [-0.2, 0) is 0 Å². The van der Waals surface area contributed by atoms with Gasteiger partial charge < -0.3 is 5.11 Å². The maximum atomic E-state index is 10.4. The molecule has 0 amide bonds. The molecule has 0 aromatic carbocycles. The molecule has 0 radical (unpaired) electrons. The molecule has 0 aromatic rings. The van der Waals surface area contributed by atoms with E-state index in [0.29, 0.717) is 5.41 Å². The van der Waals surface area contributed by atoms with Crippen LogP contribution in [0.5, 0.6) is 0 Å². The van der Waals surface area contributed by atoms with Crippen LogP contribution in [-0.4, -0.2) is 11.2 Å². The van der Waals surface area contributed by atoms with E-state index in [0.717, 1.165) is 18.8 Å². The van der Waals surface area contributed by atoms with Crippen molar-refractivity contribution in [2.75, 3.05) is 0 Å². The van der Waals surface area contributed by atoms with Crippen LogP contribution in [0.4, 0.5) is 0 Å². The SMILES string of the molecule is C=C1CC[C@@H](O)[C@]2(C)CC[C@H]3C(C)(C)C[C@]132. The molecule has 1 nitrogen and oxygen atoms in total. The summed E-state index contributed by atoms with van der Waals surface area (Å²) in [5.41, 5.74) is 2.33. The molecule has 0 aromatic heterocycles. The van der Waals surface area contributed by atoms with E-state index in [9.17, 15) is 5.11 Å². The van der Waals surface area contributed by atoms with E-state index in [-0.39, 0.29) is 16.9 Å². The molecular formula is C15H24O. The van der Waals surface area contributed by atoms with Crippen molar-refractivity contribution in [1.82, 2.24) is 0 Å². The Morgan fingerprint density at radius 3 is 2.56 bits per heavy atom. The van der Waals surface area contributed by atoms with E-state index < -0.39 is 0 Å². The lowest BCUT2D eigenvalue weighted by Crippen LogP contribution is -2.62. The Morgan fingerprint density at radius 2 is 1.94 bits per heavy atom. The molecule has 0 aliphatic heterocycles. The van der Waals surface area contributed by atoms with Crippen molar-refractivity contribution < 1.29 is 5.11 Å². The van der Waals surface area contributed by atoms with Crippen LogP contribution in [0.1, 0.15) is 52.9 Å². The maximum absolute atomic E-state index is 10.4. The van der Waals surface area contributed by atoms with Gasteiger partial charge in [0, 0.05) is 10.8 Å². The monoisotopic (exact) mass is 220 g/mol. The molecular weight excluding hydrogens is 196 g/mol. The number of aliphatic hydroxyl groups is 1. The molecule has 1 N–H and O–H groups in total. The van der Waals surface area contributed by atoms with Crippen molar-refractivity contribution in [2.24, 2.45) is 22.2 Å². The van der Waals surface area contributed by atoms with Gasteiger partial charge in [-0.1, -0.05) is 32.9 Å². The Labute approximate surface area is 98.9 Å². The first-order valence-corrected chi connectivity index (χ1v) is 6.71. The van der Waals surface area contributed by atoms with Crippen molar-refractivity contribution in [3.05, 3.63) is 12.2 Å². The standard InChI is InChI=1S/C15H24O/c1-10-5-6-12(16)14(4)8-7-11-13(2,3)9-15(10,11)14/h11-12,16H,1,5-9H2,2-4H3/t11-,12+,14-,15-/m0/s1. The molecule has 3 fully saturated rings. The van der Waals surface area contributed by atoms with Gasteiger partial charge in [-0.05, 0) is 43.4 Å². The van der Waals surface area contributed by atoms with Crippen LogP contribution in [0.15, 0.2) is 12.2 Å². The number of allylic oxidation sites excluding steroid dienone is 1. The second-order valence-corrected chi connectivity index (χ2v) is 7.30. The summed E-state index contributed by atoms with van der Waals surface area (Å²) in [4.78, 5) is 0. The molecule has 0 heterocycles. The van der Waals surface area contributed by atoms with Crippen molar-refractivity contribution >= 4 is 0 Å².